The molecule has 1 saturated heterocycles. The van der Waals surface area contributed by atoms with Gasteiger partial charge in [-0.15, -0.1) is 0 Å². The van der Waals surface area contributed by atoms with Crippen molar-refractivity contribution in [1.82, 2.24) is 14.5 Å². The van der Waals surface area contributed by atoms with Crippen molar-refractivity contribution in [3.8, 4) is 0 Å². The predicted molar refractivity (Wildman–Crippen MR) is 109 cm³/mol. The third kappa shape index (κ3) is 3.71. The van der Waals surface area contributed by atoms with Crippen LogP contribution in [-0.4, -0.2) is 61.0 Å². The molecule has 0 bridgehead atoms. The zero-order valence-electron chi connectivity index (χ0n) is 17.3. The quantitative estimate of drug-likeness (QED) is 0.760. The number of fused-ring (bicyclic) bond motifs is 1. The highest BCUT2D eigenvalue weighted by atomic mass is 32.2. The fraction of sp³-hybridized carbons (Fsp3) is 0.571. The van der Waals surface area contributed by atoms with Crippen molar-refractivity contribution in [2.75, 3.05) is 19.6 Å². The monoisotopic (exact) mass is 433 g/mol. The smallest absolute Gasteiger partial charge is 0.269 e. The molecule has 1 saturated carbocycles. The number of carbonyl (C=O) groups is 3. The summed E-state index contributed by atoms with van der Waals surface area (Å²) < 4.78 is 26.4. The SMILES string of the molecule is CC(C)N1C(=O)c2ccc(C(=O)N3CCC[C@@H](C(=O)NCC4CC4)C3)cc2S1(=O)=O. The molecule has 3 aliphatic rings. The third-order valence-electron chi connectivity index (χ3n) is 6.01. The number of sulfonamides is 1. The summed E-state index contributed by atoms with van der Waals surface area (Å²) in [7, 11) is -3.97. The van der Waals surface area contributed by atoms with Crippen LogP contribution in [0.4, 0.5) is 0 Å². The summed E-state index contributed by atoms with van der Waals surface area (Å²) in [5, 5.41) is 2.98. The molecule has 9 heteroatoms. The van der Waals surface area contributed by atoms with Gasteiger partial charge in [0.2, 0.25) is 5.91 Å². The van der Waals surface area contributed by atoms with Crippen LogP contribution in [0.5, 0.6) is 0 Å². The minimum atomic E-state index is -3.97. The van der Waals surface area contributed by atoms with E-state index in [1.807, 2.05) is 0 Å². The maximum Gasteiger partial charge on any atom is 0.269 e. The van der Waals surface area contributed by atoms with E-state index in [2.05, 4.69) is 5.32 Å². The zero-order valence-corrected chi connectivity index (χ0v) is 18.1. The van der Waals surface area contributed by atoms with Gasteiger partial charge in [-0.1, -0.05) is 0 Å². The molecule has 3 amide bonds. The number of rotatable bonds is 5. The average Bonchev–Trinajstić information content (AvgIpc) is 3.52. The third-order valence-corrected chi connectivity index (χ3v) is 8.01. The average molecular weight is 434 g/mol. The summed E-state index contributed by atoms with van der Waals surface area (Å²) in [6, 6.07) is 3.69. The largest absolute Gasteiger partial charge is 0.356 e. The Morgan fingerprint density at radius 1 is 1.20 bits per heavy atom. The first kappa shape index (κ1) is 20.8. The van der Waals surface area contributed by atoms with Crippen LogP contribution in [0, 0.1) is 11.8 Å². The van der Waals surface area contributed by atoms with Crippen LogP contribution >= 0.6 is 0 Å². The molecular weight excluding hydrogens is 406 g/mol. The molecule has 1 aromatic carbocycles. The second-order valence-electron chi connectivity index (χ2n) is 8.69. The van der Waals surface area contributed by atoms with E-state index in [-0.39, 0.29) is 33.8 Å². The minimum absolute atomic E-state index is 0.0193. The number of amides is 3. The van der Waals surface area contributed by atoms with Crippen molar-refractivity contribution in [2.24, 2.45) is 11.8 Å². The lowest BCUT2D eigenvalue weighted by Crippen LogP contribution is -2.45. The molecule has 0 spiro atoms. The van der Waals surface area contributed by atoms with Gasteiger partial charge in [0.25, 0.3) is 21.8 Å². The van der Waals surface area contributed by atoms with E-state index in [0.717, 1.165) is 30.0 Å². The van der Waals surface area contributed by atoms with Crippen molar-refractivity contribution < 1.29 is 22.8 Å². The lowest BCUT2D eigenvalue weighted by molar-refractivity contribution is -0.126. The molecule has 1 aliphatic carbocycles. The number of hydrogen-bond donors (Lipinski definition) is 1. The Hall–Kier alpha value is -2.42. The Balaban J connectivity index is 1.51. The van der Waals surface area contributed by atoms with Gasteiger partial charge in [0.05, 0.1) is 11.5 Å². The second-order valence-corrected chi connectivity index (χ2v) is 10.5. The number of piperidine rings is 1. The van der Waals surface area contributed by atoms with Crippen LogP contribution < -0.4 is 5.32 Å². The number of likely N-dealkylation sites (tertiary alicyclic amines) is 1. The molecule has 0 aromatic heterocycles. The predicted octanol–water partition coefficient (Wildman–Crippen LogP) is 1.62. The Labute approximate surface area is 176 Å². The van der Waals surface area contributed by atoms with Crippen LogP contribution in [0.3, 0.4) is 0 Å². The maximum atomic E-state index is 13.1. The molecule has 1 atom stereocenters. The molecule has 2 aliphatic heterocycles. The number of benzene rings is 1. The van der Waals surface area contributed by atoms with Crippen molar-refractivity contribution >= 4 is 27.7 Å². The van der Waals surface area contributed by atoms with Gasteiger partial charge in [0, 0.05) is 31.2 Å². The van der Waals surface area contributed by atoms with Gasteiger partial charge in [-0.3, -0.25) is 14.4 Å². The van der Waals surface area contributed by atoms with E-state index in [4.69, 9.17) is 0 Å². The van der Waals surface area contributed by atoms with Crippen molar-refractivity contribution in [3.05, 3.63) is 29.3 Å². The van der Waals surface area contributed by atoms with E-state index in [9.17, 15) is 22.8 Å². The van der Waals surface area contributed by atoms with Crippen LogP contribution in [-0.2, 0) is 14.8 Å². The van der Waals surface area contributed by atoms with Crippen LogP contribution in [0.25, 0.3) is 0 Å². The highest BCUT2D eigenvalue weighted by molar-refractivity contribution is 7.90. The van der Waals surface area contributed by atoms with E-state index in [1.54, 1.807) is 18.7 Å². The van der Waals surface area contributed by atoms with Gasteiger partial charge < -0.3 is 10.2 Å². The second kappa shape index (κ2) is 7.68. The number of hydrogen-bond acceptors (Lipinski definition) is 5. The molecule has 1 aromatic rings. The molecule has 2 fully saturated rings. The van der Waals surface area contributed by atoms with Gasteiger partial charge in [-0.2, -0.15) is 0 Å². The van der Waals surface area contributed by atoms with Gasteiger partial charge >= 0.3 is 0 Å². The van der Waals surface area contributed by atoms with Crippen molar-refractivity contribution in [1.29, 1.82) is 0 Å². The van der Waals surface area contributed by atoms with Crippen molar-refractivity contribution in [3.63, 3.8) is 0 Å². The Kier molecular flexibility index (Phi) is 5.34. The summed E-state index contributed by atoms with van der Waals surface area (Å²) in [5.74, 6) is -0.559. The Morgan fingerprint density at radius 3 is 2.60 bits per heavy atom. The summed E-state index contributed by atoms with van der Waals surface area (Å²) in [6.07, 6.45) is 3.77. The van der Waals surface area contributed by atoms with Crippen LogP contribution in [0.15, 0.2) is 23.1 Å². The first-order chi connectivity index (χ1) is 14.2. The molecule has 2 heterocycles. The van der Waals surface area contributed by atoms with Gasteiger partial charge in [0.15, 0.2) is 0 Å². The molecule has 0 radical (unpaired) electrons. The van der Waals surface area contributed by atoms with Gasteiger partial charge in [-0.25, -0.2) is 12.7 Å². The topological polar surface area (TPSA) is 104 Å². The molecule has 4 rings (SSSR count). The number of carbonyl (C=O) groups excluding carboxylic acids is 3. The summed E-state index contributed by atoms with van der Waals surface area (Å²) in [6.45, 7) is 4.81. The maximum absolute atomic E-state index is 13.1. The van der Waals surface area contributed by atoms with Gasteiger partial charge in [0.1, 0.15) is 4.90 Å². The molecule has 1 N–H and O–H groups in total. The first-order valence-electron chi connectivity index (χ1n) is 10.5. The van der Waals surface area contributed by atoms with E-state index in [1.165, 1.54) is 18.2 Å². The zero-order chi connectivity index (χ0) is 21.6. The fourth-order valence-corrected chi connectivity index (χ4v) is 5.95. The number of nitrogens with one attached hydrogen (secondary N) is 1. The normalized spacial score (nSPS) is 22.9. The Morgan fingerprint density at radius 2 is 1.93 bits per heavy atom. The molecule has 162 valence electrons. The van der Waals surface area contributed by atoms with E-state index < -0.39 is 22.0 Å². The first-order valence-corrected chi connectivity index (χ1v) is 11.9. The standard InChI is InChI=1S/C21H27N3O5S/c1-13(2)24-21(27)17-8-7-15(10-18(17)30(24,28)29)20(26)23-9-3-4-16(12-23)19(25)22-11-14-5-6-14/h7-8,10,13-14,16H,3-6,9,11-12H2,1-2H3,(H,22,25)/t16-/m1/s1. The molecular formula is C21H27N3O5S. The highest BCUT2D eigenvalue weighted by Gasteiger charge is 2.43. The summed E-state index contributed by atoms with van der Waals surface area (Å²) >= 11 is 0. The van der Waals surface area contributed by atoms with E-state index >= 15 is 0 Å². The van der Waals surface area contributed by atoms with Gasteiger partial charge in [-0.05, 0) is 63.6 Å². The highest BCUT2D eigenvalue weighted by Crippen LogP contribution is 2.33. The van der Waals surface area contributed by atoms with Crippen LogP contribution in [0.2, 0.25) is 0 Å². The molecule has 30 heavy (non-hydrogen) atoms. The fourth-order valence-electron chi connectivity index (χ4n) is 4.16. The number of nitrogens with zero attached hydrogens (tertiary/aromatic N) is 2. The lowest BCUT2D eigenvalue weighted by atomic mass is 9.96. The Bertz CT molecular complexity index is 1000. The molecule has 0 unspecified atom stereocenters. The summed E-state index contributed by atoms with van der Waals surface area (Å²) in [4.78, 5) is 39.5. The van der Waals surface area contributed by atoms with E-state index in [0.29, 0.717) is 25.6 Å². The van der Waals surface area contributed by atoms with Crippen LogP contribution in [0.1, 0.15) is 60.2 Å². The summed E-state index contributed by atoms with van der Waals surface area (Å²) in [5.41, 5.74) is 0.311. The molecule has 8 nitrogen and oxygen atoms in total. The minimum Gasteiger partial charge on any atom is -0.356 e. The van der Waals surface area contributed by atoms with Crippen molar-refractivity contribution in [2.45, 2.75) is 50.5 Å². The lowest BCUT2D eigenvalue weighted by Gasteiger charge is -2.32.